The van der Waals surface area contributed by atoms with Crippen LogP contribution in [0.1, 0.15) is 0 Å². The molecule has 0 bridgehead atoms. The zero-order valence-electron chi connectivity index (χ0n) is 14.9. The molecule has 0 aliphatic carbocycles. The molecule has 0 unspecified atom stereocenters. The first kappa shape index (κ1) is 17.4. The lowest BCUT2D eigenvalue weighted by Crippen LogP contribution is -2.21. The van der Waals surface area contributed by atoms with Crippen LogP contribution in [0.2, 0.25) is 0 Å². The fourth-order valence-corrected chi connectivity index (χ4v) is 3.03. The number of hydrogen-bond donors (Lipinski definition) is 0. The number of nitro benzene ring substituents is 1. The highest BCUT2D eigenvalue weighted by molar-refractivity contribution is 5.80. The summed E-state index contributed by atoms with van der Waals surface area (Å²) < 4.78 is 6.66. The minimum atomic E-state index is -0.477. The van der Waals surface area contributed by atoms with Crippen LogP contribution in [0.5, 0.6) is 5.75 Å². The van der Waals surface area contributed by atoms with Crippen molar-refractivity contribution in [3.8, 4) is 22.8 Å². The van der Waals surface area contributed by atoms with Gasteiger partial charge in [-0.05, 0) is 48.5 Å². The molecule has 0 aliphatic rings. The third-order valence-corrected chi connectivity index (χ3v) is 4.44. The summed E-state index contributed by atoms with van der Waals surface area (Å²) in [4.78, 5) is 28.4. The number of ether oxygens (including phenoxy) is 1. The molecule has 4 aromatic rings. The van der Waals surface area contributed by atoms with Gasteiger partial charge in [0.1, 0.15) is 11.6 Å². The highest BCUT2D eigenvalue weighted by Crippen LogP contribution is 2.25. The van der Waals surface area contributed by atoms with Gasteiger partial charge < -0.3 is 4.74 Å². The van der Waals surface area contributed by atoms with E-state index in [-0.39, 0.29) is 11.2 Å². The minimum Gasteiger partial charge on any atom is -0.497 e. The molecule has 0 aliphatic heterocycles. The summed E-state index contributed by atoms with van der Waals surface area (Å²) in [5.74, 6) is 1.13. The molecule has 1 heterocycles. The van der Waals surface area contributed by atoms with Crippen molar-refractivity contribution in [1.82, 2.24) is 9.55 Å². The molecule has 7 nitrogen and oxygen atoms in total. The molecule has 7 heteroatoms. The number of benzene rings is 3. The number of para-hydroxylation sites is 1. The maximum Gasteiger partial charge on any atom is 0.269 e. The van der Waals surface area contributed by atoms with E-state index in [1.54, 1.807) is 49.6 Å². The van der Waals surface area contributed by atoms with E-state index >= 15 is 0 Å². The Labute approximate surface area is 159 Å². The molecule has 28 heavy (non-hydrogen) atoms. The molecule has 4 rings (SSSR count). The number of rotatable bonds is 4. The van der Waals surface area contributed by atoms with Crippen LogP contribution in [-0.4, -0.2) is 21.6 Å². The van der Waals surface area contributed by atoms with E-state index in [2.05, 4.69) is 4.98 Å². The summed E-state index contributed by atoms with van der Waals surface area (Å²) in [6.07, 6.45) is 0. The average Bonchev–Trinajstić information content (AvgIpc) is 2.74. The van der Waals surface area contributed by atoms with Crippen LogP contribution in [-0.2, 0) is 0 Å². The molecule has 0 fully saturated rings. The first-order chi connectivity index (χ1) is 13.6. The lowest BCUT2D eigenvalue weighted by atomic mass is 10.1. The second-order valence-electron chi connectivity index (χ2n) is 6.10. The quantitative estimate of drug-likeness (QED) is 0.399. The van der Waals surface area contributed by atoms with Gasteiger partial charge in [0.15, 0.2) is 0 Å². The van der Waals surface area contributed by atoms with Crippen LogP contribution in [0.4, 0.5) is 5.69 Å². The Hall–Kier alpha value is -4.00. The third-order valence-electron chi connectivity index (χ3n) is 4.44. The maximum absolute atomic E-state index is 13.2. The molecule has 0 N–H and O–H groups in total. The Bertz CT molecular complexity index is 1230. The number of fused-ring (bicyclic) bond motifs is 1. The van der Waals surface area contributed by atoms with Gasteiger partial charge >= 0.3 is 0 Å². The van der Waals surface area contributed by atoms with Gasteiger partial charge in [0.05, 0.1) is 28.6 Å². The summed E-state index contributed by atoms with van der Waals surface area (Å²) >= 11 is 0. The zero-order chi connectivity index (χ0) is 19.7. The summed E-state index contributed by atoms with van der Waals surface area (Å²) in [7, 11) is 1.58. The van der Waals surface area contributed by atoms with Gasteiger partial charge in [-0.3, -0.25) is 19.5 Å². The molecule has 0 spiro atoms. The van der Waals surface area contributed by atoms with Crippen molar-refractivity contribution in [2.45, 2.75) is 0 Å². The van der Waals surface area contributed by atoms with Crippen molar-refractivity contribution in [1.29, 1.82) is 0 Å². The topological polar surface area (TPSA) is 87.3 Å². The smallest absolute Gasteiger partial charge is 0.269 e. The number of non-ortho nitro benzene ring substituents is 1. The van der Waals surface area contributed by atoms with Crippen molar-refractivity contribution < 1.29 is 9.66 Å². The SMILES string of the molecule is COc1ccc(-c2nc3ccccc3c(=O)n2-c2ccc([N+](=O)[O-])cc2)cc1. The van der Waals surface area contributed by atoms with E-state index in [4.69, 9.17) is 4.74 Å². The molecule has 0 atom stereocenters. The normalized spacial score (nSPS) is 10.8. The van der Waals surface area contributed by atoms with E-state index in [0.717, 1.165) is 5.56 Å². The number of nitrogens with zero attached hydrogens (tertiary/aromatic N) is 3. The maximum atomic E-state index is 13.2. The van der Waals surface area contributed by atoms with Crippen LogP contribution in [0, 0.1) is 10.1 Å². The summed E-state index contributed by atoms with van der Waals surface area (Å²) in [6.45, 7) is 0. The van der Waals surface area contributed by atoms with Gasteiger partial charge in [0.25, 0.3) is 11.2 Å². The van der Waals surface area contributed by atoms with Crippen molar-refractivity contribution >= 4 is 16.6 Å². The van der Waals surface area contributed by atoms with Crippen molar-refractivity contribution in [2.24, 2.45) is 0 Å². The Morgan fingerprint density at radius 1 is 0.964 bits per heavy atom. The molecule has 1 aromatic heterocycles. The predicted molar refractivity (Wildman–Crippen MR) is 106 cm³/mol. The van der Waals surface area contributed by atoms with Crippen LogP contribution >= 0.6 is 0 Å². The standard InChI is InChI=1S/C21H15N3O4/c1-28-17-12-6-14(7-13-17)20-22-19-5-3-2-4-18(19)21(25)23(20)15-8-10-16(11-9-15)24(26)27/h2-13H,1H3. The summed E-state index contributed by atoms with van der Waals surface area (Å²) in [5, 5.41) is 11.4. The van der Waals surface area contributed by atoms with Gasteiger partial charge in [0, 0.05) is 17.7 Å². The molecule has 0 saturated heterocycles. The van der Waals surface area contributed by atoms with Gasteiger partial charge in [-0.2, -0.15) is 0 Å². The van der Waals surface area contributed by atoms with Gasteiger partial charge in [-0.1, -0.05) is 12.1 Å². The molecular weight excluding hydrogens is 358 g/mol. The Kier molecular flexibility index (Phi) is 4.33. The fraction of sp³-hybridized carbons (Fsp3) is 0.0476. The van der Waals surface area contributed by atoms with E-state index in [1.807, 2.05) is 18.2 Å². The molecule has 0 radical (unpaired) electrons. The van der Waals surface area contributed by atoms with E-state index < -0.39 is 4.92 Å². The zero-order valence-corrected chi connectivity index (χ0v) is 14.9. The highest BCUT2D eigenvalue weighted by Gasteiger charge is 2.15. The van der Waals surface area contributed by atoms with Gasteiger partial charge in [-0.15, -0.1) is 0 Å². The monoisotopic (exact) mass is 373 g/mol. The predicted octanol–water partition coefficient (Wildman–Crippen LogP) is 3.97. The molecule has 0 amide bonds. The molecule has 3 aromatic carbocycles. The van der Waals surface area contributed by atoms with Crippen molar-refractivity contribution in [3.05, 3.63) is 93.3 Å². The summed E-state index contributed by atoms with van der Waals surface area (Å²) in [5.41, 5.74) is 1.51. The molecular formula is C21H15N3O4. The Morgan fingerprint density at radius 3 is 2.29 bits per heavy atom. The average molecular weight is 373 g/mol. The van der Waals surface area contributed by atoms with Crippen molar-refractivity contribution in [3.63, 3.8) is 0 Å². The minimum absolute atomic E-state index is 0.0449. The lowest BCUT2D eigenvalue weighted by Gasteiger charge is -2.14. The van der Waals surface area contributed by atoms with E-state index in [0.29, 0.717) is 28.2 Å². The first-order valence-electron chi connectivity index (χ1n) is 8.49. The highest BCUT2D eigenvalue weighted by atomic mass is 16.6. The summed E-state index contributed by atoms with van der Waals surface area (Å²) in [6, 6.07) is 20.1. The van der Waals surface area contributed by atoms with Gasteiger partial charge in [0.2, 0.25) is 0 Å². The van der Waals surface area contributed by atoms with E-state index in [1.165, 1.54) is 16.7 Å². The second-order valence-corrected chi connectivity index (χ2v) is 6.10. The first-order valence-corrected chi connectivity index (χ1v) is 8.49. The third kappa shape index (κ3) is 2.99. The number of hydrogen-bond acceptors (Lipinski definition) is 5. The number of methoxy groups -OCH3 is 1. The number of nitro groups is 1. The van der Waals surface area contributed by atoms with Crippen LogP contribution in [0.25, 0.3) is 28.0 Å². The van der Waals surface area contributed by atoms with Crippen LogP contribution in [0.3, 0.4) is 0 Å². The van der Waals surface area contributed by atoms with Crippen molar-refractivity contribution in [2.75, 3.05) is 7.11 Å². The van der Waals surface area contributed by atoms with Gasteiger partial charge in [-0.25, -0.2) is 4.98 Å². The van der Waals surface area contributed by atoms with Crippen LogP contribution in [0.15, 0.2) is 77.6 Å². The molecule has 138 valence electrons. The lowest BCUT2D eigenvalue weighted by molar-refractivity contribution is -0.384. The van der Waals surface area contributed by atoms with E-state index in [9.17, 15) is 14.9 Å². The Balaban J connectivity index is 2.00. The second kappa shape index (κ2) is 6.96. The molecule has 0 saturated carbocycles. The largest absolute Gasteiger partial charge is 0.497 e. The fourth-order valence-electron chi connectivity index (χ4n) is 3.03. The van der Waals surface area contributed by atoms with Crippen LogP contribution < -0.4 is 10.3 Å². The number of aromatic nitrogens is 2. The Morgan fingerprint density at radius 2 is 1.64 bits per heavy atom.